The second kappa shape index (κ2) is 5.23. The molecule has 1 aliphatic rings. The molecular formula is C19H18ClN. The van der Waals surface area contributed by atoms with Crippen LogP contribution >= 0.6 is 11.6 Å². The largest absolute Gasteiger partial charge is 0.340 e. The van der Waals surface area contributed by atoms with Crippen molar-refractivity contribution in [1.82, 2.24) is 4.57 Å². The molecule has 0 bridgehead atoms. The Morgan fingerprint density at radius 3 is 2.52 bits per heavy atom. The van der Waals surface area contributed by atoms with Crippen LogP contribution in [0.3, 0.4) is 0 Å². The summed E-state index contributed by atoms with van der Waals surface area (Å²) in [5.74, 6) is 0. The van der Waals surface area contributed by atoms with Gasteiger partial charge in [-0.3, -0.25) is 0 Å². The fourth-order valence-electron chi connectivity index (χ4n) is 3.54. The van der Waals surface area contributed by atoms with Gasteiger partial charge in [0, 0.05) is 28.2 Å². The molecule has 0 radical (unpaired) electrons. The molecule has 2 heteroatoms. The van der Waals surface area contributed by atoms with E-state index in [4.69, 9.17) is 11.6 Å². The van der Waals surface area contributed by atoms with Crippen LogP contribution in [0.4, 0.5) is 0 Å². The summed E-state index contributed by atoms with van der Waals surface area (Å²) in [6.45, 7) is 0.938. The number of aromatic nitrogens is 1. The molecule has 2 aromatic carbocycles. The van der Waals surface area contributed by atoms with Crippen LogP contribution in [0.15, 0.2) is 48.5 Å². The molecule has 1 aromatic heterocycles. The van der Waals surface area contributed by atoms with Crippen molar-refractivity contribution in [3.63, 3.8) is 0 Å². The zero-order valence-electron chi connectivity index (χ0n) is 12.0. The van der Waals surface area contributed by atoms with Crippen LogP contribution in [-0.4, -0.2) is 4.57 Å². The standard InChI is InChI=1S/C19H18ClN/c20-15-11-9-14(10-12-15)13-21-18-7-3-1-5-16(18)17-6-2-4-8-19(17)21/h1,3,5,7,9-12H,2,4,6,8,13H2. The molecule has 21 heavy (non-hydrogen) atoms. The van der Waals surface area contributed by atoms with Gasteiger partial charge in [-0.05, 0) is 55.0 Å². The van der Waals surface area contributed by atoms with E-state index in [-0.39, 0.29) is 0 Å². The van der Waals surface area contributed by atoms with Gasteiger partial charge in [0.05, 0.1) is 0 Å². The summed E-state index contributed by atoms with van der Waals surface area (Å²) >= 11 is 6.00. The summed E-state index contributed by atoms with van der Waals surface area (Å²) in [6, 6.07) is 17.1. The number of rotatable bonds is 2. The second-order valence-electron chi connectivity index (χ2n) is 5.86. The molecule has 3 aromatic rings. The molecule has 106 valence electrons. The van der Waals surface area contributed by atoms with Crippen LogP contribution in [0.25, 0.3) is 10.9 Å². The maximum absolute atomic E-state index is 6.00. The van der Waals surface area contributed by atoms with E-state index in [2.05, 4.69) is 41.0 Å². The van der Waals surface area contributed by atoms with Crippen molar-refractivity contribution in [3.05, 3.63) is 70.4 Å². The van der Waals surface area contributed by atoms with Crippen LogP contribution in [-0.2, 0) is 19.4 Å². The lowest BCUT2D eigenvalue weighted by Crippen LogP contribution is -2.09. The Kier molecular flexibility index (Phi) is 3.23. The van der Waals surface area contributed by atoms with Gasteiger partial charge in [-0.1, -0.05) is 41.9 Å². The van der Waals surface area contributed by atoms with Crippen LogP contribution < -0.4 is 0 Å². The lowest BCUT2D eigenvalue weighted by molar-refractivity contribution is 0.638. The van der Waals surface area contributed by atoms with Crippen molar-refractivity contribution in [1.29, 1.82) is 0 Å². The summed E-state index contributed by atoms with van der Waals surface area (Å²) in [6.07, 6.45) is 5.06. The Balaban J connectivity index is 1.85. The van der Waals surface area contributed by atoms with Crippen LogP contribution in [0.5, 0.6) is 0 Å². The molecule has 1 nitrogen and oxygen atoms in total. The Morgan fingerprint density at radius 1 is 0.905 bits per heavy atom. The number of halogens is 1. The number of aryl methyl sites for hydroxylation is 1. The average Bonchev–Trinajstić information content (AvgIpc) is 2.85. The predicted molar refractivity (Wildman–Crippen MR) is 89.1 cm³/mol. The summed E-state index contributed by atoms with van der Waals surface area (Å²) in [5.41, 5.74) is 5.80. The monoisotopic (exact) mass is 295 g/mol. The van der Waals surface area contributed by atoms with E-state index in [1.165, 1.54) is 47.8 Å². The van der Waals surface area contributed by atoms with Crippen molar-refractivity contribution < 1.29 is 0 Å². The Hall–Kier alpha value is -1.73. The molecule has 0 saturated carbocycles. The van der Waals surface area contributed by atoms with Gasteiger partial charge in [0.25, 0.3) is 0 Å². The molecule has 0 atom stereocenters. The smallest absolute Gasteiger partial charge is 0.0488 e. The fraction of sp³-hybridized carbons (Fsp3) is 0.263. The van der Waals surface area contributed by atoms with Crippen molar-refractivity contribution in [3.8, 4) is 0 Å². The van der Waals surface area contributed by atoms with Crippen molar-refractivity contribution in [2.45, 2.75) is 32.2 Å². The number of benzene rings is 2. The number of hydrogen-bond donors (Lipinski definition) is 0. The molecule has 0 fully saturated rings. The van der Waals surface area contributed by atoms with E-state index in [0.717, 1.165) is 11.6 Å². The molecule has 0 aliphatic heterocycles. The lowest BCUT2D eigenvalue weighted by Gasteiger charge is -2.16. The molecule has 0 amide bonds. The minimum atomic E-state index is 0.804. The topological polar surface area (TPSA) is 4.93 Å². The van der Waals surface area contributed by atoms with Gasteiger partial charge in [-0.15, -0.1) is 0 Å². The highest BCUT2D eigenvalue weighted by Crippen LogP contribution is 2.32. The van der Waals surface area contributed by atoms with E-state index in [9.17, 15) is 0 Å². The number of hydrogen-bond acceptors (Lipinski definition) is 0. The van der Waals surface area contributed by atoms with Crippen LogP contribution in [0.2, 0.25) is 5.02 Å². The third-order valence-corrected chi connectivity index (χ3v) is 4.79. The molecule has 4 rings (SSSR count). The lowest BCUT2D eigenvalue weighted by atomic mass is 9.95. The quantitative estimate of drug-likeness (QED) is 0.611. The molecule has 0 unspecified atom stereocenters. The molecule has 1 aliphatic carbocycles. The van der Waals surface area contributed by atoms with Gasteiger partial charge in [0.2, 0.25) is 0 Å². The van der Waals surface area contributed by atoms with Crippen molar-refractivity contribution in [2.24, 2.45) is 0 Å². The van der Waals surface area contributed by atoms with Gasteiger partial charge in [-0.25, -0.2) is 0 Å². The fourth-order valence-corrected chi connectivity index (χ4v) is 3.67. The molecular weight excluding hydrogens is 278 g/mol. The van der Waals surface area contributed by atoms with E-state index in [1.54, 1.807) is 5.56 Å². The average molecular weight is 296 g/mol. The maximum atomic E-state index is 6.00. The van der Waals surface area contributed by atoms with Gasteiger partial charge >= 0.3 is 0 Å². The minimum Gasteiger partial charge on any atom is -0.340 e. The van der Waals surface area contributed by atoms with E-state index >= 15 is 0 Å². The summed E-state index contributed by atoms with van der Waals surface area (Å²) in [7, 11) is 0. The summed E-state index contributed by atoms with van der Waals surface area (Å²) < 4.78 is 2.51. The number of para-hydroxylation sites is 1. The minimum absolute atomic E-state index is 0.804. The van der Waals surface area contributed by atoms with E-state index < -0.39 is 0 Å². The third kappa shape index (κ3) is 2.26. The van der Waals surface area contributed by atoms with Crippen LogP contribution in [0, 0.1) is 0 Å². The molecule has 0 spiro atoms. The van der Waals surface area contributed by atoms with Crippen molar-refractivity contribution in [2.75, 3.05) is 0 Å². The first-order valence-electron chi connectivity index (χ1n) is 7.66. The first-order valence-corrected chi connectivity index (χ1v) is 8.04. The predicted octanol–water partition coefficient (Wildman–Crippen LogP) is 5.22. The first kappa shape index (κ1) is 13.0. The van der Waals surface area contributed by atoms with E-state index in [0.29, 0.717) is 0 Å². The second-order valence-corrected chi connectivity index (χ2v) is 6.30. The molecule has 0 saturated heterocycles. The summed E-state index contributed by atoms with van der Waals surface area (Å²) in [4.78, 5) is 0. The van der Waals surface area contributed by atoms with E-state index in [1.807, 2.05) is 12.1 Å². The zero-order chi connectivity index (χ0) is 14.2. The molecule has 0 N–H and O–H groups in total. The normalized spacial score (nSPS) is 14.3. The third-order valence-electron chi connectivity index (χ3n) is 4.54. The SMILES string of the molecule is Clc1ccc(Cn2c3c(c4ccccc42)CCCC3)cc1. The van der Waals surface area contributed by atoms with Gasteiger partial charge < -0.3 is 4.57 Å². The highest BCUT2D eigenvalue weighted by molar-refractivity contribution is 6.30. The molecule has 1 heterocycles. The highest BCUT2D eigenvalue weighted by atomic mass is 35.5. The maximum Gasteiger partial charge on any atom is 0.0488 e. The number of nitrogens with zero attached hydrogens (tertiary/aromatic N) is 1. The number of fused-ring (bicyclic) bond motifs is 3. The Bertz CT molecular complexity index is 783. The van der Waals surface area contributed by atoms with Crippen molar-refractivity contribution >= 4 is 22.5 Å². The van der Waals surface area contributed by atoms with Crippen LogP contribution in [0.1, 0.15) is 29.7 Å². The van der Waals surface area contributed by atoms with Gasteiger partial charge in [0.15, 0.2) is 0 Å². The van der Waals surface area contributed by atoms with Gasteiger partial charge in [-0.2, -0.15) is 0 Å². The first-order chi connectivity index (χ1) is 10.3. The zero-order valence-corrected chi connectivity index (χ0v) is 12.7. The van der Waals surface area contributed by atoms with Gasteiger partial charge in [0.1, 0.15) is 0 Å². The summed E-state index contributed by atoms with van der Waals surface area (Å²) in [5, 5.41) is 2.25. The Morgan fingerprint density at radius 2 is 1.67 bits per heavy atom. The highest BCUT2D eigenvalue weighted by Gasteiger charge is 2.19. The Labute approximate surface area is 130 Å².